The van der Waals surface area contributed by atoms with Crippen molar-refractivity contribution in [2.75, 3.05) is 19.1 Å². The molecule has 1 heterocycles. The summed E-state index contributed by atoms with van der Waals surface area (Å²) in [4.78, 5) is 0. The monoisotopic (exact) mass is 372 g/mol. The van der Waals surface area contributed by atoms with Crippen LogP contribution in [0.2, 0.25) is 0 Å². The van der Waals surface area contributed by atoms with Crippen molar-refractivity contribution in [2.45, 2.75) is 19.9 Å². The number of aromatic amines is 1. The molecule has 2 rings (SSSR count). The van der Waals surface area contributed by atoms with Crippen LogP contribution in [-0.4, -0.2) is 28.6 Å². The first kappa shape index (κ1) is 15.8. The van der Waals surface area contributed by atoms with E-state index in [2.05, 4.69) is 38.5 Å². The maximum atomic E-state index is 5.70. The van der Waals surface area contributed by atoms with E-state index in [1.54, 1.807) is 18.1 Å². The average molecular weight is 373 g/mol. The van der Waals surface area contributed by atoms with Gasteiger partial charge in [0.25, 0.3) is 0 Å². The largest absolute Gasteiger partial charge is 0.493 e. The van der Waals surface area contributed by atoms with E-state index in [0.717, 1.165) is 22.2 Å². The molecular weight excluding hydrogens is 356 g/mol. The predicted octanol–water partition coefficient (Wildman–Crippen LogP) is 3.24. The summed E-state index contributed by atoms with van der Waals surface area (Å²) in [6.07, 6.45) is 2.53. The zero-order valence-corrected chi connectivity index (χ0v) is 14.3. The molecule has 0 aliphatic carbocycles. The van der Waals surface area contributed by atoms with Gasteiger partial charge < -0.3 is 14.9 Å². The minimum atomic E-state index is 0.518. The molecular formula is C13H17BrN4O2S. The van der Waals surface area contributed by atoms with Crippen LogP contribution in [0.5, 0.6) is 11.5 Å². The number of ether oxygens (including phenoxy) is 2. The van der Waals surface area contributed by atoms with Gasteiger partial charge in [-0.25, -0.2) is 4.68 Å². The topological polar surface area (TPSA) is 64.1 Å². The minimum absolute atomic E-state index is 0.518. The van der Waals surface area contributed by atoms with Gasteiger partial charge in [-0.3, -0.25) is 5.10 Å². The van der Waals surface area contributed by atoms with E-state index < -0.39 is 0 Å². The van der Waals surface area contributed by atoms with Crippen LogP contribution in [0.4, 0.5) is 0 Å². The molecule has 8 heteroatoms. The highest BCUT2D eigenvalue weighted by molar-refractivity contribution is 9.10. The molecule has 1 aromatic carbocycles. The second-order valence-electron chi connectivity index (χ2n) is 4.32. The van der Waals surface area contributed by atoms with Crippen LogP contribution < -0.4 is 14.9 Å². The zero-order valence-electron chi connectivity index (χ0n) is 11.9. The molecule has 0 atom stereocenters. The van der Waals surface area contributed by atoms with Crippen LogP contribution >= 0.6 is 28.1 Å². The number of aromatic nitrogens is 3. The fourth-order valence-electron chi connectivity index (χ4n) is 1.76. The lowest BCUT2D eigenvalue weighted by atomic mass is 10.2. The van der Waals surface area contributed by atoms with Crippen LogP contribution in [0.3, 0.4) is 0 Å². The van der Waals surface area contributed by atoms with Crippen LogP contribution in [0.1, 0.15) is 18.9 Å². The lowest BCUT2D eigenvalue weighted by Gasteiger charge is -2.14. The number of hydrogen-bond donors (Lipinski definition) is 2. The third-order valence-corrected chi connectivity index (χ3v) is 3.62. The smallest absolute Gasteiger partial charge is 0.214 e. The number of rotatable bonds is 7. The maximum absolute atomic E-state index is 5.70. The van der Waals surface area contributed by atoms with Crippen molar-refractivity contribution >= 4 is 28.1 Å². The fraction of sp³-hybridized carbons (Fsp3) is 0.385. The van der Waals surface area contributed by atoms with Gasteiger partial charge in [-0.2, -0.15) is 5.10 Å². The van der Waals surface area contributed by atoms with Crippen LogP contribution in [-0.2, 0) is 6.54 Å². The number of halogens is 1. The molecule has 0 aliphatic rings. The van der Waals surface area contributed by atoms with Gasteiger partial charge in [0.2, 0.25) is 4.77 Å². The summed E-state index contributed by atoms with van der Waals surface area (Å²) in [5.41, 5.74) is 4.18. The number of H-pyrrole nitrogens is 1. The van der Waals surface area contributed by atoms with E-state index >= 15 is 0 Å². The molecule has 0 fully saturated rings. The first-order chi connectivity index (χ1) is 10.2. The van der Waals surface area contributed by atoms with Crippen molar-refractivity contribution < 1.29 is 9.47 Å². The summed E-state index contributed by atoms with van der Waals surface area (Å²) >= 11 is 8.60. The molecule has 21 heavy (non-hydrogen) atoms. The lowest BCUT2D eigenvalue weighted by molar-refractivity contribution is 0.292. The van der Waals surface area contributed by atoms with Gasteiger partial charge in [-0.15, -0.1) is 0 Å². The number of hydrogen-bond acceptors (Lipinski definition) is 5. The van der Waals surface area contributed by atoms with Crippen molar-refractivity contribution in [3.05, 3.63) is 33.3 Å². The lowest BCUT2D eigenvalue weighted by Crippen LogP contribution is -2.13. The first-order valence-corrected chi connectivity index (χ1v) is 7.71. The Balaban J connectivity index is 2.15. The Labute approximate surface area is 136 Å². The van der Waals surface area contributed by atoms with Gasteiger partial charge in [0, 0.05) is 0 Å². The van der Waals surface area contributed by atoms with Gasteiger partial charge in [0.15, 0.2) is 11.5 Å². The van der Waals surface area contributed by atoms with E-state index in [1.165, 1.54) is 0 Å². The first-order valence-electron chi connectivity index (χ1n) is 6.50. The van der Waals surface area contributed by atoms with E-state index in [1.807, 2.05) is 12.1 Å². The standard InChI is InChI=1S/C13H17BrN4O2S/c1-3-4-20-12-10(14)5-9(6-11(12)19-2)7-16-18-8-15-17-13(18)21/h5-6,8,16H,3-4,7H2,1-2H3,(H,17,21). The SMILES string of the molecule is CCCOc1c(Br)cc(CNn2cn[nH]c2=S)cc1OC. The molecule has 1 aromatic heterocycles. The van der Waals surface area contributed by atoms with E-state index in [4.69, 9.17) is 21.7 Å². The molecule has 0 spiro atoms. The quantitative estimate of drug-likeness (QED) is 0.730. The number of nitrogens with zero attached hydrogens (tertiary/aromatic N) is 2. The summed E-state index contributed by atoms with van der Waals surface area (Å²) in [6.45, 7) is 3.29. The second kappa shape index (κ2) is 7.46. The molecule has 0 saturated heterocycles. The summed E-state index contributed by atoms with van der Waals surface area (Å²) in [6, 6.07) is 3.93. The predicted molar refractivity (Wildman–Crippen MR) is 87.0 cm³/mol. The Morgan fingerprint density at radius 2 is 2.29 bits per heavy atom. The molecule has 0 amide bonds. The Morgan fingerprint density at radius 1 is 1.48 bits per heavy atom. The van der Waals surface area contributed by atoms with Crippen LogP contribution in [0, 0.1) is 4.77 Å². The molecule has 2 N–H and O–H groups in total. The molecule has 0 bridgehead atoms. The van der Waals surface area contributed by atoms with Crippen molar-refractivity contribution in [3.63, 3.8) is 0 Å². The van der Waals surface area contributed by atoms with Gasteiger partial charge in [0.1, 0.15) is 6.33 Å². The van der Waals surface area contributed by atoms with E-state index in [0.29, 0.717) is 23.7 Å². The summed E-state index contributed by atoms with van der Waals surface area (Å²) in [5.74, 6) is 1.42. The van der Waals surface area contributed by atoms with Crippen molar-refractivity contribution in [2.24, 2.45) is 0 Å². The normalized spacial score (nSPS) is 10.4. The summed E-state index contributed by atoms with van der Waals surface area (Å²) in [7, 11) is 1.63. The highest BCUT2D eigenvalue weighted by Gasteiger charge is 2.11. The van der Waals surface area contributed by atoms with Crippen LogP contribution in [0.15, 0.2) is 22.9 Å². The van der Waals surface area contributed by atoms with Crippen LogP contribution in [0.25, 0.3) is 0 Å². The summed E-state index contributed by atoms with van der Waals surface area (Å²) < 4.78 is 14.1. The highest BCUT2D eigenvalue weighted by atomic mass is 79.9. The molecule has 0 unspecified atom stereocenters. The number of methoxy groups -OCH3 is 1. The van der Waals surface area contributed by atoms with Crippen molar-refractivity contribution in [3.8, 4) is 11.5 Å². The fourth-order valence-corrected chi connectivity index (χ4v) is 2.52. The third kappa shape index (κ3) is 3.98. The Morgan fingerprint density at radius 3 is 2.90 bits per heavy atom. The third-order valence-electron chi connectivity index (χ3n) is 2.75. The zero-order chi connectivity index (χ0) is 15.2. The highest BCUT2D eigenvalue weighted by Crippen LogP contribution is 2.36. The Bertz CT molecular complexity index is 656. The van der Waals surface area contributed by atoms with Gasteiger partial charge in [0.05, 0.1) is 24.7 Å². The molecule has 2 aromatic rings. The molecule has 6 nitrogen and oxygen atoms in total. The molecule has 0 aliphatic heterocycles. The molecule has 114 valence electrons. The van der Waals surface area contributed by atoms with Crippen molar-refractivity contribution in [1.29, 1.82) is 0 Å². The molecule has 0 radical (unpaired) electrons. The van der Waals surface area contributed by atoms with E-state index in [-0.39, 0.29) is 0 Å². The van der Waals surface area contributed by atoms with Crippen molar-refractivity contribution in [1.82, 2.24) is 14.9 Å². The number of benzene rings is 1. The maximum Gasteiger partial charge on any atom is 0.214 e. The Hall–Kier alpha value is -1.54. The van der Waals surface area contributed by atoms with Gasteiger partial charge in [-0.05, 0) is 52.3 Å². The van der Waals surface area contributed by atoms with Gasteiger partial charge >= 0.3 is 0 Å². The minimum Gasteiger partial charge on any atom is -0.493 e. The average Bonchev–Trinajstić information content (AvgIpc) is 2.88. The molecule has 0 saturated carbocycles. The number of nitrogens with one attached hydrogen (secondary N) is 2. The van der Waals surface area contributed by atoms with Gasteiger partial charge in [-0.1, -0.05) is 6.92 Å². The summed E-state index contributed by atoms with van der Waals surface area (Å²) in [5, 5.41) is 6.53. The Kier molecular flexibility index (Phi) is 5.63. The van der Waals surface area contributed by atoms with E-state index in [9.17, 15) is 0 Å². The second-order valence-corrected chi connectivity index (χ2v) is 5.56.